The van der Waals surface area contributed by atoms with Gasteiger partial charge in [0.05, 0.1) is 17.5 Å². The highest BCUT2D eigenvalue weighted by atomic mass is 32.2. The molecule has 1 unspecified atom stereocenters. The third kappa shape index (κ3) is 4.45. The summed E-state index contributed by atoms with van der Waals surface area (Å²) in [5.41, 5.74) is 0.961. The maximum Gasteiger partial charge on any atom is 0.316 e. The van der Waals surface area contributed by atoms with E-state index in [-0.39, 0.29) is 17.9 Å². The van der Waals surface area contributed by atoms with E-state index in [4.69, 9.17) is 5.11 Å². The van der Waals surface area contributed by atoms with Crippen LogP contribution in [0.2, 0.25) is 0 Å². The summed E-state index contributed by atoms with van der Waals surface area (Å²) in [6.45, 7) is 2.19. The number of carbonyl (C=O) groups excluding carboxylic acids is 1. The average Bonchev–Trinajstić information content (AvgIpc) is 2.96. The Morgan fingerprint density at radius 2 is 1.96 bits per heavy atom. The normalized spacial score (nSPS) is 18.3. The van der Waals surface area contributed by atoms with Crippen LogP contribution in [0.15, 0.2) is 29.2 Å². The third-order valence-electron chi connectivity index (χ3n) is 3.75. The maximum absolute atomic E-state index is 12.7. The number of hydrogen-bond acceptors (Lipinski definition) is 4. The number of carboxylic acids is 1. The molecule has 0 bridgehead atoms. The van der Waals surface area contributed by atoms with Gasteiger partial charge in [0, 0.05) is 13.1 Å². The lowest BCUT2D eigenvalue weighted by Gasteiger charge is -2.25. The van der Waals surface area contributed by atoms with Gasteiger partial charge in [0.1, 0.15) is 0 Å². The van der Waals surface area contributed by atoms with Crippen LogP contribution in [0, 0.1) is 6.92 Å². The van der Waals surface area contributed by atoms with Crippen molar-refractivity contribution in [3.05, 3.63) is 29.8 Å². The van der Waals surface area contributed by atoms with Crippen LogP contribution in [-0.4, -0.2) is 49.1 Å². The maximum atomic E-state index is 12.7. The molecule has 1 fully saturated rings. The fraction of sp³-hybridized carbons (Fsp3) is 0.467. The summed E-state index contributed by atoms with van der Waals surface area (Å²) in [6, 6.07) is 5.97. The first-order valence-corrected chi connectivity index (χ1v) is 9.09. The lowest BCUT2D eigenvalue weighted by Crippen LogP contribution is -2.50. The van der Waals surface area contributed by atoms with Gasteiger partial charge in [-0.15, -0.1) is 0 Å². The van der Waals surface area contributed by atoms with E-state index in [9.17, 15) is 18.0 Å². The van der Waals surface area contributed by atoms with Crippen molar-refractivity contribution in [2.24, 2.45) is 0 Å². The van der Waals surface area contributed by atoms with Gasteiger partial charge >= 0.3 is 12.0 Å². The van der Waals surface area contributed by atoms with Gasteiger partial charge in [-0.3, -0.25) is 4.79 Å². The summed E-state index contributed by atoms with van der Waals surface area (Å²) >= 11 is 0. The van der Waals surface area contributed by atoms with Crippen LogP contribution in [0.25, 0.3) is 0 Å². The number of sulfonamides is 1. The highest BCUT2D eigenvalue weighted by Crippen LogP contribution is 2.24. The van der Waals surface area contributed by atoms with Crippen LogP contribution in [0.5, 0.6) is 0 Å². The largest absolute Gasteiger partial charge is 0.481 e. The van der Waals surface area contributed by atoms with Gasteiger partial charge in [0.15, 0.2) is 0 Å². The van der Waals surface area contributed by atoms with Gasteiger partial charge in [-0.25, -0.2) is 13.2 Å². The third-order valence-corrected chi connectivity index (χ3v) is 5.68. The molecule has 1 aliphatic rings. The van der Waals surface area contributed by atoms with Crippen molar-refractivity contribution in [1.29, 1.82) is 0 Å². The molecular formula is C15H21N3O5S. The Balaban J connectivity index is 2.03. The van der Waals surface area contributed by atoms with E-state index in [1.165, 1.54) is 4.31 Å². The number of hydrogen-bond donors (Lipinski definition) is 3. The molecule has 9 heteroatoms. The van der Waals surface area contributed by atoms with Crippen LogP contribution in [0.4, 0.5) is 4.79 Å². The molecule has 0 aromatic heterocycles. The highest BCUT2D eigenvalue weighted by molar-refractivity contribution is 7.89. The Morgan fingerprint density at radius 1 is 1.29 bits per heavy atom. The fourth-order valence-corrected chi connectivity index (χ4v) is 4.12. The Labute approximate surface area is 140 Å². The summed E-state index contributed by atoms with van der Waals surface area (Å²) in [6.07, 6.45) is 0.327. The summed E-state index contributed by atoms with van der Waals surface area (Å²) < 4.78 is 26.7. The predicted octanol–water partition coefficient (Wildman–Crippen LogP) is 0.880. The van der Waals surface area contributed by atoms with Crippen LogP contribution in [0.1, 0.15) is 24.8 Å². The summed E-state index contributed by atoms with van der Waals surface area (Å²) in [5, 5.41) is 13.5. The number of benzene rings is 1. The van der Waals surface area contributed by atoms with Crippen molar-refractivity contribution >= 4 is 22.0 Å². The zero-order valence-corrected chi connectivity index (χ0v) is 14.2. The minimum absolute atomic E-state index is 0.0153. The summed E-state index contributed by atoms with van der Waals surface area (Å²) in [4.78, 5) is 22.4. The molecular weight excluding hydrogens is 334 g/mol. The minimum Gasteiger partial charge on any atom is -0.481 e. The van der Waals surface area contributed by atoms with E-state index < -0.39 is 28.2 Å². The first-order valence-electron chi connectivity index (χ1n) is 7.65. The van der Waals surface area contributed by atoms with Gasteiger partial charge in [0.2, 0.25) is 10.0 Å². The molecule has 1 aromatic carbocycles. The molecule has 132 valence electrons. The van der Waals surface area contributed by atoms with Crippen LogP contribution < -0.4 is 10.6 Å². The second-order valence-electron chi connectivity index (χ2n) is 5.63. The number of nitrogens with zero attached hydrogens (tertiary/aromatic N) is 1. The number of aliphatic carboxylic acids is 1. The van der Waals surface area contributed by atoms with Crippen molar-refractivity contribution in [3.8, 4) is 0 Å². The quantitative estimate of drug-likeness (QED) is 0.700. The number of urea groups is 1. The molecule has 2 amide bonds. The first-order chi connectivity index (χ1) is 11.3. The Morgan fingerprint density at radius 3 is 2.58 bits per heavy atom. The molecule has 1 atom stereocenters. The molecule has 0 radical (unpaired) electrons. The van der Waals surface area contributed by atoms with Gasteiger partial charge in [0.25, 0.3) is 0 Å². The van der Waals surface area contributed by atoms with Gasteiger partial charge in [-0.1, -0.05) is 17.7 Å². The number of amides is 2. The average molecular weight is 355 g/mol. The predicted molar refractivity (Wildman–Crippen MR) is 86.9 cm³/mol. The topological polar surface area (TPSA) is 116 Å². The van der Waals surface area contributed by atoms with E-state index in [1.807, 2.05) is 6.92 Å². The van der Waals surface area contributed by atoms with Crippen LogP contribution in [0.3, 0.4) is 0 Å². The van der Waals surface area contributed by atoms with Gasteiger partial charge in [-0.05, 0) is 31.9 Å². The SMILES string of the molecule is Cc1ccc(S(=O)(=O)N2CCCC2NC(=O)NCCC(=O)O)cc1. The number of carboxylic acid groups (broad SMARTS) is 1. The van der Waals surface area contributed by atoms with E-state index in [1.54, 1.807) is 24.3 Å². The van der Waals surface area contributed by atoms with Crippen LogP contribution >= 0.6 is 0 Å². The van der Waals surface area contributed by atoms with E-state index in [0.717, 1.165) is 5.56 Å². The summed E-state index contributed by atoms with van der Waals surface area (Å²) in [7, 11) is -3.69. The lowest BCUT2D eigenvalue weighted by molar-refractivity contribution is -0.136. The van der Waals surface area contributed by atoms with Crippen molar-refractivity contribution in [2.75, 3.05) is 13.1 Å². The van der Waals surface area contributed by atoms with E-state index in [2.05, 4.69) is 10.6 Å². The summed E-state index contributed by atoms with van der Waals surface area (Å²) in [5.74, 6) is -1.01. The molecule has 2 rings (SSSR count). The number of rotatable bonds is 6. The minimum atomic E-state index is -3.69. The molecule has 0 saturated carbocycles. The van der Waals surface area contributed by atoms with Gasteiger partial charge in [-0.2, -0.15) is 4.31 Å². The molecule has 3 N–H and O–H groups in total. The molecule has 0 spiro atoms. The fourth-order valence-electron chi connectivity index (χ4n) is 2.50. The van der Waals surface area contributed by atoms with E-state index in [0.29, 0.717) is 19.4 Å². The van der Waals surface area contributed by atoms with Gasteiger partial charge < -0.3 is 15.7 Å². The molecule has 0 aliphatic carbocycles. The molecule has 1 aliphatic heterocycles. The molecule has 1 aromatic rings. The molecule has 1 saturated heterocycles. The van der Waals surface area contributed by atoms with Crippen molar-refractivity contribution < 1.29 is 23.1 Å². The monoisotopic (exact) mass is 355 g/mol. The number of carbonyl (C=O) groups is 2. The van der Waals surface area contributed by atoms with Crippen molar-refractivity contribution in [2.45, 2.75) is 37.2 Å². The van der Waals surface area contributed by atoms with Crippen LogP contribution in [-0.2, 0) is 14.8 Å². The first kappa shape index (κ1) is 18.2. The van der Waals surface area contributed by atoms with E-state index >= 15 is 0 Å². The number of nitrogens with one attached hydrogen (secondary N) is 2. The Bertz CT molecular complexity index is 702. The standard InChI is InChI=1S/C15H21N3O5S/c1-11-4-6-12(7-5-11)24(22,23)18-10-2-3-13(18)17-15(21)16-9-8-14(19)20/h4-7,13H,2-3,8-10H2,1H3,(H,19,20)(H2,16,17,21). The lowest BCUT2D eigenvalue weighted by atomic mass is 10.2. The molecule has 24 heavy (non-hydrogen) atoms. The molecule has 8 nitrogen and oxygen atoms in total. The Hall–Kier alpha value is -2.13. The molecule has 1 heterocycles. The van der Waals surface area contributed by atoms with Crippen molar-refractivity contribution in [3.63, 3.8) is 0 Å². The zero-order valence-electron chi connectivity index (χ0n) is 13.4. The zero-order chi connectivity index (χ0) is 17.7. The smallest absolute Gasteiger partial charge is 0.316 e. The number of aryl methyl sites for hydroxylation is 1. The second-order valence-corrected chi connectivity index (χ2v) is 7.52. The second kappa shape index (κ2) is 7.63. The highest BCUT2D eigenvalue weighted by Gasteiger charge is 2.36. The van der Waals surface area contributed by atoms with Crippen molar-refractivity contribution in [1.82, 2.24) is 14.9 Å². The Kier molecular flexibility index (Phi) is 5.79.